The standard InChI is InChI=1S/C11H10ClF3INO3/c1-2-5(18)4-20-8-6(16)3-7(17-10(8)12)9(19)11(13,14)15/h3,9,19H,2,4H2,1H3. The summed E-state index contributed by atoms with van der Waals surface area (Å²) in [6, 6.07) is 1.01. The summed E-state index contributed by atoms with van der Waals surface area (Å²) >= 11 is 7.42. The SMILES string of the molecule is CCC(=O)COc1c(I)cc(C(O)C(F)(F)F)nc1Cl. The smallest absolute Gasteiger partial charge is 0.420 e. The maximum absolute atomic E-state index is 12.4. The van der Waals surface area contributed by atoms with E-state index in [-0.39, 0.29) is 33.3 Å². The number of aromatic nitrogens is 1. The number of nitrogens with zero attached hydrogens (tertiary/aromatic N) is 1. The monoisotopic (exact) mass is 423 g/mol. The Morgan fingerprint density at radius 3 is 2.65 bits per heavy atom. The van der Waals surface area contributed by atoms with Crippen molar-refractivity contribution in [3.8, 4) is 5.75 Å². The fraction of sp³-hybridized carbons (Fsp3) is 0.455. The summed E-state index contributed by atoms with van der Waals surface area (Å²) in [5, 5.41) is 8.77. The number of rotatable bonds is 5. The van der Waals surface area contributed by atoms with Crippen LogP contribution in [-0.4, -0.2) is 28.7 Å². The molecule has 20 heavy (non-hydrogen) atoms. The molecule has 0 radical (unpaired) electrons. The second-order valence-electron chi connectivity index (χ2n) is 3.77. The molecule has 0 aliphatic rings. The number of pyridine rings is 1. The molecule has 0 fully saturated rings. The number of ketones is 1. The summed E-state index contributed by atoms with van der Waals surface area (Å²) in [6.45, 7) is 1.41. The van der Waals surface area contributed by atoms with E-state index in [4.69, 9.17) is 21.4 Å². The van der Waals surface area contributed by atoms with Crippen LogP contribution in [0.2, 0.25) is 5.15 Å². The van der Waals surface area contributed by atoms with Gasteiger partial charge in [0.25, 0.3) is 0 Å². The molecule has 1 atom stereocenters. The number of carbonyl (C=O) groups excluding carboxylic acids is 1. The van der Waals surface area contributed by atoms with Crippen LogP contribution in [-0.2, 0) is 4.79 Å². The van der Waals surface area contributed by atoms with Crippen molar-refractivity contribution in [3.05, 3.63) is 20.5 Å². The predicted octanol–water partition coefficient (Wildman–Crippen LogP) is 3.29. The third-order valence-electron chi connectivity index (χ3n) is 2.27. The quantitative estimate of drug-likeness (QED) is 0.583. The molecule has 4 nitrogen and oxygen atoms in total. The molecule has 0 amide bonds. The van der Waals surface area contributed by atoms with Crippen LogP contribution in [0, 0.1) is 3.57 Å². The van der Waals surface area contributed by atoms with E-state index in [0.29, 0.717) is 0 Å². The first-order valence-electron chi connectivity index (χ1n) is 5.42. The number of hydrogen-bond donors (Lipinski definition) is 1. The summed E-state index contributed by atoms with van der Waals surface area (Å²) in [5.74, 6) is -0.163. The highest BCUT2D eigenvalue weighted by atomic mass is 127. The number of aliphatic hydroxyl groups excluding tert-OH is 1. The van der Waals surface area contributed by atoms with E-state index in [1.807, 2.05) is 0 Å². The van der Waals surface area contributed by atoms with Crippen LogP contribution in [0.1, 0.15) is 25.1 Å². The molecule has 1 rings (SSSR count). The van der Waals surface area contributed by atoms with Gasteiger partial charge in [0.05, 0.1) is 9.26 Å². The maximum atomic E-state index is 12.4. The third kappa shape index (κ3) is 4.45. The number of alkyl halides is 3. The Balaban J connectivity index is 3.00. The zero-order valence-electron chi connectivity index (χ0n) is 10.2. The topological polar surface area (TPSA) is 59.4 Å². The van der Waals surface area contributed by atoms with Gasteiger partial charge in [0.15, 0.2) is 22.8 Å². The Kier molecular flexibility index (Phi) is 6.02. The first kappa shape index (κ1) is 17.4. The molecule has 0 saturated carbocycles. The molecule has 0 saturated heterocycles. The van der Waals surface area contributed by atoms with E-state index in [1.54, 1.807) is 29.5 Å². The van der Waals surface area contributed by atoms with Gasteiger partial charge in [-0.1, -0.05) is 18.5 Å². The summed E-state index contributed by atoms with van der Waals surface area (Å²) in [5.41, 5.74) is -0.624. The molecule has 112 valence electrons. The fourth-order valence-corrected chi connectivity index (χ4v) is 2.32. The summed E-state index contributed by atoms with van der Waals surface area (Å²) in [4.78, 5) is 14.6. The van der Waals surface area contributed by atoms with Crippen molar-refractivity contribution in [2.45, 2.75) is 25.6 Å². The molecule has 1 unspecified atom stereocenters. The number of ether oxygens (including phenoxy) is 1. The molecular formula is C11H10ClF3INO3. The summed E-state index contributed by atoms with van der Waals surface area (Å²) < 4.78 is 42.5. The molecule has 0 aromatic carbocycles. The van der Waals surface area contributed by atoms with Crippen LogP contribution in [0.25, 0.3) is 0 Å². The molecule has 0 spiro atoms. The highest BCUT2D eigenvalue weighted by molar-refractivity contribution is 14.1. The Labute approximate surface area is 131 Å². The average molecular weight is 424 g/mol. The molecule has 0 bridgehead atoms. The van der Waals surface area contributed by atoms with Gasteiger partial charge in [0, 0.05) is 6.42 Å². The molecule has 0 aliphatic carbocycles. The minimum Gasteiger partial charge on any atom is -0.481 e. The van der Waals surface area contributed by atoms with E-state index in [2.05, 4.69) is 4.98 Å². The normalized spacial score (nSPS) is 13.2. The van der Waals surface area contributed by atoms with Crippen molar-refractivity contribution in [2.75, 3.05) is 6.61 Å². The van der Waals surface area contributed by atoms with Crippen molar-refractivity contribution in [2.24, 2.45) is 0 Å². The third-order valence-corrected chi connectivity index (χ3v) is 3.33. The van der Waals surface area contributed by atoms with E-state index < -0.39 is 18.0 Å². The zero-order chi connectivity index (χ0) is 15.5. The minimum atomic E-state index is -4.83. The highest BCUT2D eigenvalue weighted by Gasteiger charge is 2.41. The number of aliphatic hydroxyl groups is 1. The van der Waals surface area contributed by atoms with Gasteiger partial charge in [-0.3, -0.25) is 4.79 Å². The minimum absolute atomic E-state index is 0.0205. The van der Waals surface area contributed by atoms with Crippen molar-refractivity contribution < 1.29 is 27.8 Å². The summed E-state index contributed by atoms with van der Waals surface area (Å²) in [7, 11) is 0. The predicted molar refractivity (Wildman–Crippen MR) is 73.8 cm³/mol. The Morgan fingerprint density at radius 2 is 2.20 bits per heavy atom. The van der Waals surface area contributed by atoms with Gasteiger partial charge < -0.3 is 9.84 Å². The van der Waals surface area contributed by atoms with Crippen LogP contribution in [0.4, 0.5) is 13.2 Å². The number of carbonyl (C=O) groups is 1. The lowest BCUT2D eigenvalue weighted by Gasteiger charge is -2.16. The summed E-state index contributed by atoms with van der Waals surface area (Å²) in [6.07, 6.45) is -7.29. The Bertz CT molecular complexity index is 487. The average Bonchev–Trinajstić information content (AvgIpc) is 2.35. The lowest BCUT2D eigenvalue weighted by molar-refractivity contribution is -0.208. The van der Waals surface area contributed by atoms with Crippen molar-refractivity contribution >= 4 is 40.0 Å². The van der Waals surface area contributed by atoms with Crippen LogP contribution >= 0.6 is 34.2 Å². The van der Waals surface area contributed by atoms with Gasteiger partial charge in [0.1, 0.15) is 6.61 Å². The maximum Gasteiger partial charge on any atom is 0.420 e. The lowest BCUT2D eigenvalue weighted by Crippen LogP contribution is -2.21. The van der Waals surface area contributed by atoms with Gasteiger partial charge in [-0.15, -0.1) is 0 Å². The van der Waals surface area contributed by atoms with E-state index in [1.165, 1.54) is 0 Å². The molecule has 9 heteroatoms. The largest absolute Gasteiger partial charge is 0.481 e. The molecule has 1 heterocycles. The van der Waals surface area contributed by atoms with E-state index in [0.717, 1.165) is 6.07 Å². The molecule has 0 aliphatic heterocycles. The number of halogens is 5. The van der Waals surface area contributed by atoms with Gasteiger partial charge in [0.2, 0.25) is 0 Å². The van der Waals surface area contributed by atoms with Gasteiger partial charge >= 0.3 is 6.18 Å². The molecule has 1 N–H and O–H groups in total. The second-order valence-corrected chi connectivity index (χ2v) is 5.29. The van der Waals surface area contributed by atoms with Crippen LogP contribution < -0.4 is 4.74 Å². The van der Waals surface area contributed by atoms with Crippen LogP contribution in [0.3, 0.4) is 0 Å². The van der Waals surface area contributed by atoms with Crippen molar-refractivity contribution in [3.63, 3.8) is 0 Å². The van der Waals surface area contributed by atoms with Gasteiger partial charge in [-0.2, -0.15) is 13.2 Å². The fourth-order valence-electron chi connectivity index (χ4n) is 1.18. The number of Topliss-reactive ketones (excluding diaryl/α,β-unsaturated/α-hetero) is 1. The second kappa shape index (κ2) is 6.90. The zero-order valence-corrected chi connectivity index (χ0v) is 13.1. The first-order valence-corrected chi connectivity index (χ1v) is 6.87. The molecule has 1 aromatic heterocycles. The van der Waals surface area contributed by atoms with Crippen molar-refractivity contribution in [1.82, 2.24) is 4.98 Å². The highest BCUT2D eigenvalue weighted by Crippen LogP contribution is 2.36. The van der Waals surface area contributed by atoms with Gasteiger partial charge in [-0.25, -0.2) is 4.98 Å². The van der Waals surface area contributed by atoms with Gasteiger partial charge in [-0.05, 0) is 28.7 Å². The Hall–Kier alpha value is -0.610. The number of hydrogen-bond acceptors (Lipinski definition) is 4. The van der Waals surface area contributed by atoms with E-state index in [9.17, 15) is 18.0 Å². The molecule has 1 aromatic rings. The van der Waals surface area contributed by atoms with Crippen LogP contribution in [0.15, 0.2) is 6.07 Å². The molecular weight excluding hydrogens is 413 g/mol. The lowest BCUT2D eigenvalue weighted by atomic mass is 10.2. The van der Waals surface area contributed by atoms with E-state index >= 15 is 0 Å². The Morgan fingerprint density at radius 1 is 1.60 bits per heavy atom. The first-order chi connectivity index (χ1) is 9.16. The van der Waals surface area contributed by atoms with Crippen molar-refractivity contribution in [1.29, 1.82) is 0 Å². The van der Waals surface area contributed by atoms with Crippen LogP contribution in [0.5, 0.6) is 5.75 Å².